The van der Waals surface area contributed by atoms with Crippen molar-refractivity contribution in [2.75, 3.05) is 10.2 Å². The quantitative estimate of drug-likeness (QED) is 0.461. The Morgan fingerprint density at radius 3 is 2.41 bits per heavy atom. The van der Waals surface area contributed by atoms with Crippen LogP contribution >= 0.6 is 11.3 Å². The zero-order chi connectivity index (χ0) is 22.1. The molecule has 2 aromatic heterocycles. The Morgan fingerprint density at radius 2 is 1.69 bits per heavy atom. The largest absolute Gasteiger partial charge is 0.306 e. The second-order valence-electron chi connectivity index (χ2n) is 7.78. The number of aromatic nitrogens is 1. The molecule has 1 aliphatic rings. The number of para-hydroxylation sites is 1. The first kappa shape index (κ1) is 20.2. The number of carbonyl (C=O) groups is 2. The molecule has 2 amide bonds. The molecule has 0 radical (unpaired) electrons. The topological polar surface area (TPSA) is 62.3 Å². The molecule has 32 heavy (non-hydrogen) atoms. The highest BCUT2D eigenvalue weighted by molar-refractivity contribution is 7.12. The number of carbonyl (C=O) groups excluding carboxylic acids is 2. The molecule has 158 valence electrons. The van der Waals surface area contributed by atoms with Crippen LogP contribution in [0.25, 0.3) is 0 Å². The lowest BCUT2D eigenvalue weighted by atomic mass is 10.0. The van der Waals surface area contributed by atoms with Gasteiger partial charge in [-0.05, 0) is 65.2 Å². The van der Waals surface area contributed by atoms with Gasteiger partial charge in [0.25, 0.3) is 11.8 Å². The van der Waals surface area contributed by atoms with Crippen LogP contribution in [0.1, 0.15) is 42.3 Å². The second-order valence-corrected chi connectivity index (χ2v) is 8.70. The molecule has 1 aliphatic heterocycles. The van der Waals surface area contributed by atoms with Crippen molar-refractivity contribution in [3.63, 3.8) is 0 Å². The smallest absolute Gasteiger partial charge is 0.267 e. The maximum atomic E-state index is 13.5. The van der Waals surface area contributed by atoms with E-state index < -0.39 is 0 Å². The van der Waals surface area contributed by atoms with E-state index in [1.165, 1.54) is 23.1 Å². The minimum Gasteiger partial charge on any atom is -0.306 e. The van der Waals surface area contributed by atoms with Crippen molar-refractivity contribution in [1.82, 2.24) is 4.98 Å². The molecule has 5 nitrogen and oxygen atoms in total. The Bertz CT molecular complexity index is 1310. The summed E-state index contributed by atoms with van der Waals surface area (Å²) in [6.07, 6.45) is 2.32. The van der Waals surface area contributed by atoms with E-state index >= 15 is 0 Å². The maximum Gasteiger partial charge on any atom is 0.267 e. The summed E-state index contributed by atoms with van der Waals surface area (Å²) in [5, 5.41) is 4.69. The summed E-state index contributed by atoms with van der Waals surface area (Å²) in [6, 6.07) is 21.6. The summed E-state index contributed by atoms with van der Waals surface area (Å²) in [5.41, 5.74) is 5.81. The summed E-state index contributed by atoms with van der Waals surface area (Å²) < 4.78 is 0. The number of nitrogens with zero attached hydrogens (tertiary/aromatic N) is 2. The molecular formula is C26H21N3O2S. The van der Waals surface area contributed by atoms with Crippen molar-refractivity contribution in [2.24, 2.45) is 0 Å². The highest BCUT2D eigenvalue weighted by atomic mass is 32.1. The van der Waals surface area contributed by atoms with Crippen molar-refractivity contribution in [2.45, 2.75) is 19.9 Å². The van der Waals surface area contributed by atoms with Gasteiger partial charge >= 0.3 is 0 Å². The second kappa shape index (κ2) is 8.40. The van der Waals surface area contributed by atoms with E-state index in [9.17, 15) is 9.59 Å². The average molecular weight is 440 g/mol. The number of hydrogen-bond donors (Lipinski definition) is 1. The lowest BCUT2D eigenvalue weighted by molar-refractivity contribution is 0.0984. The van der Waals surface area contributed by atoms with Crippen LogP contribution in [0.15, 0.2) is 78.3 Å². The van der Waals surface area contributed by atoms with E-state index in [1.54, 1.807) is 12.1 Å². The Hall–Kier alpha value is -3.77. The Kier molecular flexibility index (Phi) is 5.29. The molecule has 0 saturated carbocycles. The van der Waals surface area contributed by atoms with Crippen LogP contribution < -0.4 is 10.2 Å². The number of rotatable bonds is 3. The predicted octanol–water partition coefficient (Wildman–Crippen LogP) is 5.46. The molecule has 3 heterocycles. The van der Waals surface area contributed by atoms with Gasteiger partial charge in [0, 0.05) is 11.9 Å². The van der Waals surface area contributed by atoms with Crippen LogP contribution in [0.5, 0.6) is 0 Å². The summed E-state index contributed by atoms with van der Waals surface area (Å²) in [5.74, 6) is 0.108. The third-order valence-electron chi connectivity index (χ3n) is 5.68. The van der Waals surface area contributed by atoms with Gasteiger partial charge < -0.3 is 10.2 Å². The van der Waals surface area contributed by atoms with Gasteiger partial charge in [0.15, 0.2) is 0 Å². The molecule has 0 unspecified atom stereocenters. The van der Waals surface area contributed by atoms with Gasteiger partial charge in [-0.25, -0.2) is 4.98 Å². The first-order valence-electron chi connectivity index (χ1n) is 10.4. The van der Waals surface area contributed by atoms with E-state index in [1.807, 2.05) is 53.6 Å². The fourth-order valence-corrected chi connectivity index (χ4v) is 4.80. The predicted molar refractivity (Wildman–Crippen MR) is 127 cm³/mol. The van der Waals surface area contributed by atoms with Gasteiger partial charge in [0.05, 0.1) is 17.0 Å². The van der Waals surface area contributed by atoms with Crippen molar-refractivity contribution in [3.05, 3.63) is 111 Å². The van der Waals surface area contributed by atoms with Crippen LogP contribution in [0.2, 0.25) is 0 Å². The van der Waals surface area contributed by atoms with Crippen molar-refractivity contribution in [1.29, 1.82) is 0 Å². The lowest BCUT2D eigenvalue weighted by Crippen LogP contribution is -2.30. The Morgan fingerprint density at radius 1 is 0.938 bits per heavy atom. The molecule has 5 rings (SSSR count). The lowest BCUT2D eigenvalue weighted by Gasteiger charge is -2.23. The van der Waals surface area contributed by atoms with Crippen LogP contribution in [0.3, 0.4) is 0 Å². The SMILES string of the molecule is Cc1ccsc1C(=O)Nc1ccc(C(=O)N2Cc3ccccc3Cc3ccccc32)cn1. The van der Waals surface area contributed by atoms with E-state index in [4.69, 9.17) is 0 Å². The van der Waals surface area contributed by atoms with E-state index in [2.05, 4.69) is 28.5 Å². The van der Waals surface area contributed by atoms with E-state index in [0.717, 1.165) is 28.8 Å². The monoisotopic (exact) mass is 439 g/mol. The number of anilines is 2. The van der Waals surface area contributed by atoms with Gasteiger partial charge in [-0.1, -0.05) is 42.5 Å². The number of nitrogens with one attached hydrogen (secondary N) is 1. The third-order valence-corrected chi connectivity index (χ3v) is 6.69. The molecule has 6 heteroatoms. The van der Waals surface area contributed by atoms with Gasteiger partial charge in [0.2, 0.25) is 0 Å². The van der Waals surface area contributed by atoms with Crippen LogP contribution in [-0.4, -0.2) is 16.8 Å². The molecule has 0 bridgehead atoms. The Balaban J connectivity index is 1.41. The molecule has 0 fully saturated rings. The molecule has 0 saturated heterocycles. The number of thiophene rings is 1. The van der Waals surface area contributed by atoms with Crippen molar-refractivity contribution in [3.8, 4) is 0 Å². The Labute approximate surface area is 190 Å². The molecule has 0 spiro atoms. The normalized spacial score (nSPS) is 12.5. The van der Waals surface area contributed by atoms with Gasteiger partial charge in [0.1, 0.15) is 5.82 Å². The van der Waals surface area contributed by atoms with Crippen molar-refractivity contribution >= 4 is 34.7 Å². The standard InChI is InChI=1S/C26H21N3O2S/c1-17-12-13-32-24(17)25(30)28-23-11-10-20(15-27-23)26(31)29-16-21-8-3-2-6-18(21)14-19-7-4-5-9-22(19)29/h2-13,15H,14,16H2,1H3,(H,27,28,30). The zero-order valence-corrected chi connectivity index (χ0v) is 18.4. The van der Waals surface area contributed by atoms with Gasteiger partial charge in [-0.15, -0.1) is 11.3 Å². The molecule has 1 N–H and O–H groups in total. The van der Waals surface area contributed by atoms with Gasteiger partial charge in [-0.2, -0.15) is 0 Å². The summed E-state index contributed by atoms with van der Waals surface area (Å²) in [7, 11) is 0. The minimum absolute atomic E-state index is 0.117. The summed E-state index contributed by atoms with van der Waals surface area (Å²) >= 11 is 1.39. The van der Waals surface area contributed by atoms with Gasteiger partial charge in [-0.3, -0.25) is 9.59 Å². The maximum absolute atomic E-state index is 13.5. The van der Waals surface area contributed by atoms with Crippen molar-refractivity contribution < 1.29 is 9.59 Å². The third kappa shape index (κ3) is 3.81. The minimum atomic E-state index is -0.192. The van der Waals surface area contributed by atoms with E-state index in [0.29, 0.717) is 22.8 Å². The first-order valence-corrected chi connectivity index (χ1v) is 11.3. The number of amides is 2. The number of benzene rings is 2. The number of pyridine rings is 1. The molecular weight excluding hydrogens is 418 g/mol. The average Bonchev–Trinajstić information content (AvgIpc) is 3.17. The first-order chi connectivity index (χ1) is 15.6. The summed E-state index contributed by atoms with van der Waals surface area (Å²) in [4.78, 5) is 32.7. The summed E-state index contributed by atoms with van der Waals surface area (Å²) in [6.45, 7) is 2.40. The number of hydrogen-bond acceptors (Lipinski definition) is 4. The zero-order valence-electron chi connectivity index (χ0n) is 17.5. The molecule has 2 aromatic carbocycles. The molecule has 4 aromatic rings. The molecule has 0 atom stereocenters. The van der Waals surface area contributed by atoms with Crippen LogP contribution in [0.4, 0.5) is 11.5 Å². The number of aryl methyl sites for hydroxylation is 1. The van der Waals surface area contributed by atoms with Crippen LogP contribution in [0, 0.1) is 6.92 Å². The fourth-order valence-electron chi connectivity index (χ4n) is 3.98. The number of fused-ring (bicyclic) bond motifs is 2. The van der Waals surface area contributed by atoms with Crippen LogP contribution in [-0.2, 0) is 13.0 Å². The fraction of sp³-hybridized carbons (Fsp3) is 0.115. The highest BCUT2D eigenvalue weighted by Crippen LogP contribution is 2.31. The highest BCUT2D eigenvalue weighted by Gasteiger charge is 2.25. The van der Waals surface area contributed by atoms with E-state index in [-0.39, 0.29) is 11.8 Å². The molecule has 0 aliphatic carbocycles.